The van der Waals surface area contributed by atoms with Gasteiger partial charge in [-0.2, -0.15) is 0 Å². The number of halogens is 2. The first-order valence-corrected chi connectivity index (χ1v) is 7.60. The predicted molar refractivity (Wildman–Crippen MR) is 90.0 cm³/mol. The van der Waals surface area contributed by atoms with E-state index in [1.165, 1.54) is 0 Å². The van der Waals surface area contributed by atoms with Gasteiger partial charge in [0.05, 0.1) is 0 Å². The zero-order valence-electron chi connectivity index (χ0n) is 14.8. The quantitative estimate of drug-likeness (QED) is 0.667. The fourth-order valence-corrected chi connectivity index (χ4v) is 2.24. The monoisotopic (exact) mass is 310 g/mol. The molecule has 0 fully saturated rings. The molecule has 1 rings (SSSR count). The Bertz CT molecular complexity index is 546. The Morgan fingerprint density at radius 2 is 1.64 bits per heavy atom. The van der Waals surface area contributed by atoms with Crippen LogP contribution in [-0.4, -0.2) is 13.0 Å². The van der Waals surface area contributed by atoms with E-state index in [0.717, 1.165) is 22.3 Å². The van der Waals surface area contributed by atoms with E-state index < -0.39 is 13.0 Å². The SMILES string of the molecule is C=C(C)c1cc(C(C)(C)C)cc(C(C)(C)C)c1OCC(F)F. The van der Waals surface area contributed by atoms with Gasteiger partial charge < -0.3 is 4.74 Å². The van der Waals surface area contributed by atoms with Crippen LogP contribution in [0.3, 0.4) is 0 Å². The van der Waals surface area contributed by atoms with Gasteiger partial charge in [0.15, 0.2) is 0 Å². The minimum Gasteiger partial charge on any atom is -0.487 e. The summed E-state index contributed by atoms with van der Waals surface area (Å²) in [4.78, 5) is 0. The Hall–Kier alpha value is -1.38. The molecule has 1 nitrogen and oxygen atoms in total. The second-order valence-electron chi connectivity index (χ2n) is 7.88. The van der Waals surface area contributed by atoms with E-state index in [2.05, 4.69) is 54.2 Å². The fraction of sp³-hybridized carbons (Fsp3) is 0.579. The van der Waals surface area contributed by atoms with Crippen molar-refractivity contribution >= 4 is 5.57 Å². The Morgan fingerprint density at radius 3 is 2.00 bits per heavy atom. The number of hydrogen-bond acceptors (Lipinski definition) is 1. The molecule has 0 aromatic heterocycles. The van der Waals surface area contributed by atoms with Gasteiger partial charge in [-0.05, 0) is 35.0 Å². The molecule has 0 bridgehead atoms. The number of benzene rings is 1. The molecule has 124 valence electrons. The summed E-state index contributed by atoms with van der Waals surface area (Å²) in [5.74, 6) is 0.535. The van der Waals surface area contributed by atoms with Crippen LogP contribution in [0.25, 0.3) is 5.57 Å². The molecule has 1 aromatic rings. The van der Waals surface area contributed by atoms with E-state index in [1.807, 2.05) is 13.0 Å². The summed E-state index contributed by atoms with van der Waals surface area (Å²) in [6, 6.07) is 4.09. The third-order valence-corrected chi connectivity index (χ3v) is 3.58. The van der Waals surface area contributed by atoms with Crippen molar-refractivity contribution < 1.29 is 13.5 Å². The maximum absolute atomic E-state index is 12.6. The Balaban J connectivity index is 3.59. The molecule has 0 aliphatic carbocycles. The largest absolute Gasteiger partial charge is 0.487 e. The summed E-state index contributed by atoms with van der Waals surface area (Å²) in [6.07, 6.45) is -2.49. The zero-order valence-corrected chi connectivity index (χ0v) is 14.8. The van der Waals surface area contributed by atoms with Crippen LogP contribution in [-0.2, 0) is 10.8 Å². The predicted octanol–water partition coefficient (Wildman–Crippen LogP) is 5.96. The maximum atomic E-state index is 12.6. The standard InChI is InChI=1S/C19H28F2O/c1-12(2)14-9-13(18(3,4)5)10-15(19(6,7)8)17(14)22-11-16(20)21/h9-10,16H,1,11H2,2-8H3. The number of ether oxygens (including phenoxy) is 1. The van der Waals surface area contributed by atoms with Gasteiger partial charge in [0.2, 0.25) is 0 Å². The number of hydrogen-bond donors (Lipinski definition) is 0. The highest BCUT2D eigenvalue weighted by Gasteiger charge is 2.26. The van der Waals surface area contributed by atoms with Crippen molar-refractivity contribution in [2.24, 2.45) is 0 Å². The summed E-state index contributed by atoms with van der Waals surface area (Å²) in [6.45, 7) is 17.9. The Labute approximate surface area is 133 Å². The van der Waals surface area contributed by atoms with Crippen molar-refractivity contribution in [2.45, 2.75) is 65.7 Å². The summed E-state index contributed by atoms with van der Waals surface area (Å²) in [5.41, 5.74) is 3.49. The van der Waals surface area contributed by atoms with Gasteiger partial charge >= 0.3 is 0 Å². The molecule has 0 radical (unpaired) electrons. The maximum Gasteiger partial charge on any atom is 0.272 e. The highest BCUT2D eigenvalue weighted by atomic mass is 19.3. The van der Waals surface area contributed by atoms with Gasteiger partial charge in [0, 0.05) is 11.1 Å². The lowest BCUT2D eigenvalue weighted by molar-refractivity contribution is 0.0807. The summed E-state index contributed by atoms with van der Waals surface area (Å²) in [5, 5.41) is 0. The van der Waals surface area contributed by atoms with E-state index in [1.54, 1.807) is 0 Å². The van der Waals surface area contributed by atoms with Gasteiger partial charge in [-0.3, -0.25) is 0 Å². The Kier molecular flexibility index (Phi) is 5.42. The summed E-state index contributed by atoms with van der Waals surface area (Å²) < 4.78 is 30.7. The second kappa shape index (κ2) is 6.39. The molecule has 0 N–H and O–H groups in total. The number of rotatable bonds is 4. The molecular weight excluding hydrogens is 282 g/mol. The first-order chi connectivity index (χ1) is 9.84. The van der Waals surface area contributed by atoms with Crippen LogP contribution >= 0.6 is 0 Å². The van der Waals surface area contributed by atoms with Crippen molar-refractivity contribution in [3.63, 3.8) is 0 Å². The summed E-state index contributed by atoms with van der Waals surface area (Å²) in [7, 11) is 0. The molecule has 0 amide bonds. The lowest BCUT2D eigenvalue weighted by Crippen LogP contribution is -2.20. The third-order valence-electron chi connectivity index (χ3n) is 3.58. The third kappa shape index (κ3) is 4.56. The number of alkyl halides is 2. The topological polar surface area (TPSA) is 9.23 Å². The van der Waals surface area contributed by atoms with Gasteiger partial charge in [-0.25, -0.2) is 8.78 Å². The molecule has 0 aliphatic rings. The first kappa shape index (κ1) is 18.7. The average molecular weight is 310 g/mol. The van der Waals surface area contributed by atoms with Gasteiger partial charge in [0.25, 0.3) is 6.43 Å². The molecule has 22 heavy (non-hydrogen) atoms. The van der Waals surface area contributed by atoms with Crippen LogP contribution < -0.4 is 4.74 Å². The van der Waals surface area contributed by atoms with E-state index in [9.17, 15) is 8.78 Å². The van der Waals surface area contributed by atoms with E-state index in [0.29, 0.717) is 5.75 Å². The van der Waals surface area contributed by atoms with E-state index in [-0.39, 0.29) is 10.8 Å². The highest BCUT2D eigenvalue weighted by Crippen LogP contribution is 2.40. The van der Waals surface area contributed by atoms with Crippen molar-refractivity contribution in [3.8, 4) is 5.75 Å². The molecule has 3 heteroatoms. The molecule has 0 unspecified atom stereocenters. The van der Waals surface area contributed by atoms with E-state index >= 15 is 0 Å². The second-order valence-corrected chi connectivity index (χ2v) is 7.88. The van der Waals surface area contributed by atoms with Gasteiger partial charge in [0.1, 0.15) is 12.4 Å². The van der Waals surface area contributed by atoms with Crippen molar-refractivity contribution in [3.05, 3.63) is 35.4 Å². The fourth-order valence-electron chi connectivity index (χ4n) is 2.24. The van der Waals surface area contributed by atoms with Crippen LogP contribution in [0.5, 0.6) is 5.75 Å². The molecule has 0 saturated heterocycles. The highest BCUT2D eigenvalue weighted by molar-refractivity contribution is 5.70. The van der Waals surface area contributed by atoms with E-state index in [4.69, 9.17) is 4.74 Å². The smallest absolute Gasteiger partial charge is 0.272 e. The molecule has 0 spiro atoms. The van der Waals surface area contributed by atoms with Crippen molar-refractivity contribution in [2.75, 3.05) is 6.61 Å². The molecule has 0 aliphatic heterocycles. The lowest BCUT2D eigenvalue weighted by Gasteiger charge is -2.29. The molecule has 1 aromatic carbocycles. The summed E-state index contributed by atoms with van der Waals surface area (Å²) >= 11 is 0. The zero-order chi connectivity index (χ0) is 17.3. The van der Waals surface area contributed by atoms with Crippen LogP contribution in [0.2, 0.25) is 0 Å². The molecule has 0 atom stereocenters. The first-order valence-electron chi connectivity index (χ1n) is 7.60. The lowest BCUT2D eigenvalue weighted by atomic mass is 9.78. The van der Waals surface area contributed by atoms with Gasteiger partial charge in [-0.1, -0.05) is 54.2 Å². The normalized spacial score (nSPS) is 12.6. The molecular formula is C19H28F2O. The molecule has 0 heterocycles. The average Bonchev–Trinajstić information content (AvgIpc) is 2.32. The number of allylic oxidation sites excluding steroid dienone is 1. The van der Waals surface area contributed by atoms with Crippen LogP contribution in [0, 0.1) is 0 Å². The molecule has 0 saturated carbocycles. The Morgan fingerprint density at radius 1 is 1.09 bits per heavy atom. The van der Waals surface area contributed by atoms with Crippen LogP contribution in [0.1, 0.15) is 65.2 Å². The van der Waals surface area contributed by atoms with Crippen LogP contribution in [0.15, 0.2) is 18.7 Å². The van der Waals surface area contributed by atoms with Crippen molar-refractivity contribution in [1.82, 2.24) is 0 Å². The minimum atomic E-state index is -2.49. The van der Waals surface area contributed by atoms with Gasteiger partial charge in [-0.15, -0.1) is 0 Å². The van der Waals surface area contributed by atoms with Crippen LogP contribution in [0.4, 0.5) is 8.78 Å². The van der Waals surface area contributed by atoms with Crippen molar-refractivity contribution in [1.29, 1.82) is 0 Å². The minimum absolute atomic E-state index is 0.0363.